The smallest absolute Gasteiger partial charge is 0.235 e. The number of nitrogens with one attached hydrogen (secondary N) is 2. The van der Waals surface area contributed by atoms with Crippen molar-refractivity contribution >= 4 is 47.1 Å². The topological polar surface area (TPSA) is 58.2 Å². The summed E-state index contributed by atoms with van der Waals surface area (Å²) in [4.78, 5) is 24.1. The van der Waals surface area contributed by atoms with E-state index in [1.54, 1.807) is 13.8 Å². The number of rotatable bonds is 0. The minimum Gasteiger partial charge on any atom is -0.354 e. The van der Waals surface area contributed by atoms with Crippen molar-refractivity contribution in [2.24, 2.45) is 5.41 Å². The van der Waals surface area contributed by atoms with Crippen LogP contribution in [0.3, 0.4) is 0 Å². The monoisotopic (exact) mass is 336 g/mol. The summed E-state index contributed by atoms with van der Waals surface area (Å²) < 4.78 is 0. The molecular formula is C13H24N2O2S3. The van der Waals surface area contributed by atoms with Crippen molar-refractivity contribution in [3.05, 3.63) is 0 Å². The normalized spacial score (nSPS) is 23.7. The molecule has 116 valence electrons. The zero-order valence-electron chi connectivity index (χ0n) is 12.2. The van der Waals surface area contributed by atoms with E-state index in [9.17, 15) is 9.59 Å². The van der Waals surface area contributed by atoms with E-state index in [0.29, 0.717) is 13.1 Å². The maximum atomic E-state index is 12.0. The van der Waals surface area contributed by atoms with Gasteiger partial charge in [-0.2, -0.15) is 35.3 Å². The molecule has 0 radical (unpaired) electrons. The van der Waals surface area contributed by atoms with Gasteiger partial charge in [-0.05, 0) is 13.8 Å². The average molecular weight is 337 g/mol. The molecule has 0 aromatic heterocycles. The highest BCUT2D eigenvalue weighted by molar-refractivity contribution is 8.04. The fourth-order valence-corrected chi connectivity index (χ4v) is 4.55. The van der Waals surface area contributed by atoms with Crippen molar-refractivity contribution < 1.29 is 9.59 Å². The Hall–Kier alpha value is -0.0100. The second kappa shape index (κ2) is 9.84. The Morgan fingerprint density at radius 3 is 1.50 bits per heavy atom. The number of carbonyl (C=O) groups excluding carboxylic acids is 2. The fourth-order valence-electron chi connectivity index (χ4n) is 1.56. The molecule has 20 heavy (non-hydrogen) atoms. The summed E-state index contributed by atoms with van der Waals surface area (Å²) in [5.74, 6) is 6.00. The van der Waals surface area contributed by atoms with Crippen molar-refractivity contribution in [2.45, 2.75) is 13.8 Å². The molecule has 1 heterocycles. The van der Waals surface area contributed by atoms with Crippen LogP contribution in [0.1, 0.15) is 13.8 Å². The summed E-state index contributed by atoms with van der Waals surface area (Å²) in [5, 5.41) is 5.71. The van der Waals surface area contributed by atoms with Gasteiger partial charge in [-0.1, -0.05) is 0 Å². The van der Waals surface area contributed by atoms with Crippen LogP contribution in [0.25, 0.3) is 0 Å². The Balaban J connectivity index is 2.47. The molecule has 2 N–H and O–H groups in total. The van der Waals surface area contributed by atoms with Crippen LogP contribution >= 0.6 is 35.3 Å². The maximum Gasteiger partial charge on any atom is 0.235 e. The van der Waals surface area contributed by atoms with Crippen LogP contribution in [0.2, 0.25) is 0 Å². The molecule has 0 bridgehead atoms. The summed E-state index contributed by atoms with van der Waals surface area (Å²) in [6.45, 7) is 4.61. The Morgan fingerprint density at radius 2 is 1.10 bits per heavy atom. The number of hydrogen-bond acceptors (Lipinski definition) is 5. The standard InChI is InChI=1S/C13H24N2O2S3/c1-13(2)11(16)14-3-5-18-7-9-20-10-8-19-6-4-15-12(13)17/h3-10H2,1-2H3,(H,14,16)(H,15,17). The Kier molecular flexibility index (Phi) is 8.88. The third kappa shape index (κ3) is 6.63. The highest BCUT2D eigenvalue weighted by Crippen LogP contribution is 2.16. The van der Waals surface area contributed by atoms with E-state index < -0.39 is 5.41 Å². The Morgan fingerprint density at radius 1 is 0.750 bits per heavy atom. The lowest BCUT2D eigenvalue weighted by Gasteiger charge is -2.22. The van der Waals surface area contributed by atoms with Crippen LogP contribution < -0.4 is 10.6 Å². The van der Waals surface area contributed by atoms with Crippen LogP contribution in [-0.2, 0) is 9.59 Å². The summed E-state index contributed by atoms with van der Waals surface area (Å²) >= 11 is 5.67. The molecule has 0 aliphatic carbocycles. The molecule has 1 aliphatic heterocycles. The van der Waals surface area contributed by atoms with Gasteiger partial charge in [-0.25, -0.2) is 0 Å². The molecule has 1 saturated heterocycles. The van der Waals surface area contributed by atoms with Crippen LogP contribution in [-0.4, -0.2) is 59.4 Å². The number of carbonyl (C=O) groups is 2. The fraction of sp³-hybridized carbons (Fsp3) is 0.846. The van der Waals surface area contributed by atoms with Gasteiger partial charge in [0, 0.05) is 47.6 Å². The number of amides is 2. The number of hydrogen-bond donors (Lipinski definition) is 2. The van der Waals surface area contributed by atoms with Gasteiger partial charge in [0.05, 0.1) is 0 Å². The lowest BCUT2D eigenvalue weighted by Crippen LogP contribution is -2.48. The SMILES string of the molecule is CC1(C)C(=O)NCCSCCSCCSCCNC1=O. The van der Waals surface area contributed by atoms with Crippen molar-refractivity contribution in [2.75, 3.05) is 47.6 Å². The molecular weight excluding hydrogens is 312 g/mol. The van der Waals surface area contributed by atoms with E-state index in [0.717, 1.165) is 23.0 Å². The highest BCUT2D eigenvalue weighted by atomic mass is 32.2. The highest BCUT2D eigenvalue weighted by Gasteiger charge is 2.35. The molecule has 4 nitrogen and oxygen atoms in total. The minimum absolute atomic E-state index is 0.190. The van der Waals surface area contributed by atoms with Gasteiger partial charge < -0.3 is 10.6 Å². The first-order valence-electron chi connectivity index (χ1n) is 6.85. The van der Waals surface area contributed by atoms with E-state index in [-0.39, 0.29) is 11.8 Å². The third-order valence-corrected chi connectivity index (χ3v) is 6.42. The zero-order chi connectivity index (χ0) is 14.8. The first-order chi connectivity index (χ1) is 9.55. The van der Waals surface area contributed by atoms with Crippen LogP contribution in [0.15, 0.2) is 0 Å². The van der Waals surface area contributed by atoms with Gasteiger partial charge in [-0.15, -0.1) is 0 Å². The predicted molar refractivity (Wildman–Crippen MR) is 91.8 cm³/mol. The Labute approximate surface area is 134 Å². The van der Waals surface area contributed by atoms with Gasteiger partial charge in [0.15, 0.2) is 0 Å². The molecule has 7 heteroatoms. The maximum absolute atomic E-state index is 12.0. The van der Waals surface area contributed by atoms with Gasteiger partial charge >= 0.3 is 0 Å². The van der Waals surface area contributed by atoms with E-state index >= 15 is 0 Å². The van der Waals surface area contributed by atoms with Crippen molar-refractivity contribution in [3.8, 4) is 0 Å². The summed E-state index contributed by atoms with van der Waals surface area (Å²) in [7, 11) is 0. The molecule has 0 saturated carbocycles. The summed E-state index contributed by atoms with van der Waals surface area (Å²) in [5.41, 5.74) is -0.998. The molecule has 0 atom stereocenters. The molecule has 0 spiro atoms. The first-order valence-corrected chi connectivity index (χ1v) is 10.3. The van der Waals surface area contributed by atoms with Crippen LogP contribution in [0.4, 0.5) is 0 Å². The second-order valence-electron chi connectivity index (χ2n) is 4.97. The van der Waals surface area contributed by atoms with Gasteiger partial charge in [0.25, 0.3) is 0 Å². The molecule has 1 aliphatic rings. The summed E-state index contributed by atoms with van der Waals surface area (Å²) in [6.07, 6.45) is 0. The minimum atomic E-state index is -0.998. The average Bonchev–Trinajstić information content (AvgIpc) is 2.42. The van der Waals surface area contributed by atoms with Gasteiger partial charge in [0.1, 0.15) is 5.41 Å². The second-order valence-corrected chi connectivity index (χ2v) is 8.65. The predicted octanol–water partition coefficient (Wildman–Crippen LogP) is 1.46. The van der Waals surface area contributed by atoms with E-state index in [2.05, 4.69) is 10.6 Å². The van der Waals surface area contributed by atoms with Crippen molar-refractivity contribution in [3.63, 3.8) is 0 Å². The van der Waals surface area contributed by atoms with Gasteiger partial charge in [-0.3, -0.25) is 9.59 Å². The van der Waals surface area contributed by atoms with Gasteiger partial charge in [0.2, 0.25) is 11.8 Å². The molecule has 0 aromatic rings. The molecule has 0 aromatic carbocycles. The molecule has 1 fully saturated rings. The largest absolute Gasteiger partial charge is 0.354 e. The van der Waals surface area contributed by atoms with E-state index in [4.69, 9.17) is 0 Å². The summed E-state index contributed by atoms with van der Waals surface area (Å²) in [6, 6.07) is 0. The molecule has 1 rings (SSSR count). The molecule has 0 unspecified atom stereocenters. The number of thioether (sulfide) groups is 3. The first kappa shape index (κ1) is 18.0. The molecule has 2 amide bonds. The Bertz CT molecular complexity index is 297. The van der Waals surface area contributed by atoms with Crippen LogP contribution in [0.5, 0.6) is 0 Å². The van der Waals surface area contributed by atoms with Crippen molar-refractivity contribution in [1.29, 1.82) is 0 Å². The lowest BCUT2D eigenvalue weighted by atomic mass is 9.91. The van der Waals surface area contributed by atoms with E-state index in [1.807, 2.05) is 35.3 Å². The van der Waals surface area contributed by atoms with Crippen LogP contribution in [0, 0.1) is 5.41 Å². The van der Waals surface area contributed by atoms with Crippen molar-refractivity contribution in [1.82, 2.24) is 10.6 Å². The zero-order valence-corrected chi connectivity index (χ0v) is 14.6. The lowest BCUT2D eigenvalue weighted by molar-refractivity contribution is -0.141. The quantitative estimate of drug-likeness (QED) is 0.656. The third-order valence-electron chi connectivity index (χ3n) is 2.94. The van der Waals surface area contributed by atoms with E-state index in [1.165, 1.54) is 11.5 Å².